The van der Waals surface area contributed by atoms with Crippen LogP contribution in [0.25, 0.3) is 23.2 Å². The van der Waals surface area contributed by atoms with Gasteiger partial charge < -0.3 is 9.88 Å². The van der Waals surface area contributed by atoms with Crippen molar-refractivity contribution in [2.75, 3.05) is 19.0 Å². The van der Waals surface area contributed by atoms with Gasteiger partial charge in [-0.15, -0.1) is 0 Å². The molecule has 3 nitrogen and oxygen atoms in total. The largest absolute Gasteiger partial charge is 0.378 e. The average molecular weight is 263 g/mol. The summed E-state index contributed by atoms with van der Waals surface area (Å²) in [7, 11) is 4.09. The van der Waals surface area contributed by atoms with Gasteiger partial charge in [0.15, 0.2) is 0 Å². The van der Waals surface area contributed by atoms with E-state index in [9.17, 15) is 0 Å². The minimum Gasteiger partial charge on any atom is -0.378 e. The Labute approximate surface area is 118 Å². The highest BCUT2D eigenvalue weighted by Gasteiger charge is 1.98. The zero-order chi connectivity index (χ0) is 13.9. The van der Waals surface area contributed by atoms with Crippen LogP contribution in [0.3, 0.4) is 0 Å². The van der Waals surface area contributed by atoms with E-state index in [1.54, 1.807) is 6.20 Å². The topological polar surface area (TPSA) is 31.9 Å². The second kappa shape index (κ2) is 5.21. The van der Waals surface area contributed by atoms with Crippen LogP contribution in [0.5, 0.6) is 0 Å². The zero-order valence-corrected chi connectivity index (χ0v) is 11.7. The van der Waals surface area contributed by atoms with Gasteiger partial charge in [-0.3, -0.25) is 0 Å². The maximum Gasteiger partial charge on any atom is 0.137 e. The summed E-state index contributed by atoms with van der Waals surface area (Å²) in [4.78, 5) is 9.68. The van der Waals surface area contributed by atoms with E-state index in [1.165, 1.54) is 11.3 Å². The standard InChI is InChI=1S/C17H17N3/c1-20(2)16-9-6-13(7-10-16)5-8-15-12-14-4-3-11-18-17(14)19-15/h3-12H,1-2H3,(H,18,19). The minimum atomic E-state index is 0.926. The lowest BCUT2D eigenvalue weighted by molar-refractivity contribution is 1.13. The number of aromatic amines is 1. The minimum absolute atomic E-state index is 0.926. The first-order valence-corrected chi connectivity index (χ1v) is 6.61. The number of nitrogens with zero attached hydrogens (tertiary/aromatic N) is 2. The van der Waals surface area contributed by atoms with Gasteiger partial charge in [-0.25, -0.2) is 4.98 Å². The molecule has 0 saturated heterocycles. The SMILES string of the molecule is CN(C)c1ccc(C=Cc2cc3cccnc3[nH]2)cc1. The van der Waals surface area contributed by atoms with Crippen LogP contribution < -0.4 is 4.90 Å². The van der Waals surface area contributed by atoms with Crippen molar-refractivity contribution in [3.05, 3.63) is 59.9 Å². The molecule has 2 aromatic heterocycles. The Morgan fingerprint density at radius 1 is 1.05 bits per heavy atom. The van der Waals surface area contributed by atoms with E-state index in [4.69, 9.17) is 0 Å². The zero-order valence-electron chi connectivity index (χ0n) is 11.7. The Balaban J connectivity index is 1.82. The first-order valence-electron chi connectivity index (χ1n) is 6.61. The molecule has 0 atom stereocenters. The van der Waals surface area contributed by atoms with E-state index >= 15 is 0 Å². The summed E-state index contributed by atoms with van der Waals surface area (Å²) in [6.07, 6.45) is 5.98. The third-order valence-corrected chi connectivity index (χ3v) is 3.28. The highest BCUT2D eigenvalue weighted by atomic mass is 15.1. The summed E-state index contributed by atoms with van der Waals surface area (Å²) in [5, 5.41) is 1.13. The van der Waals surface area contributed by atoms with Gasteiger partial charge in [0, 0.05) is 37.1 Å². The van der Waals surface area contributed by atoms with Crippen LogP contribution >= 0.6 is 0 Å². The Kier molecular flexibility index (Phi) is 3.25. The van der Waals surface area contributed by atoms with E-state index in [1.807, 2.05) is 20.2 Å². The summed E-state index contributed by atoms with van der Waals surface area (Å²) in [5.41, 5.74) is 4.38. The van der Waals surface area contributed by atoms with E-state index in [2.05, 4.69) is 63.4 Å². The molecule has 1 N–H and O–H groups in total. The fourth-order valence-electron chi connectivity index (χ4n) is 2.14. The van der Waals surface area contributed by atoms with Gasteiger partial charge in [0.05, 0.1) is 0 Å². The number of hydrogen-bond acceptors (Lipinski definition) is 2. The van der Waals surface area contributed by atoms with Gasteiger partial charge in [-0.2, -0.15) is 0 Å². The molecular formula is C17H17N3. The summed E-state index contributed by atoms with van der Waals surface area (Å²) in [5.74, 6) is 0. The third-order valence-electron chi connectivity index (χ3n) is 3.28. The number of nitrogens with one attached hydrogen (secondary N) is 1. The molecule has 0 aliphatic heterocycles. The van der Waals surface area contributed by atoms with Gasteiger partial charge >= 0.3 is 0 Å². The number of rotatable bonds is 3. The molecule has 0 aliphatic carbocycles. The fraction of sp³-hybridized carbons (Fsp3) is 0.118. The van der Waals surface area contributed by atoms with Crippen LogP contribution in [0.1, 0.15) is 11.3 Å². The summed E-state index contributed by atoms with van der Waals surface area (Å²) < 4.78 is 0. The van der Waals surface area contributed by atoms with Crippen LogP contribution in [0, 0.1) is 0 Å². The van der Waals surface area contributed by atoms with Crippen molar-refractivity contribution in [2.24, 2.45) is 0 Å². The molecule has 0 saturated carbocycles. The molecule has 1 aromatic carbocycles. The number of fused-ring (bicyclic) bond motifs is 1. The van der Waals surface area contributed by atoms with Gasteiger partial charge in [0.25, 0.3) is 0 Å². The number of aromatic nitrogens is 2. The normalized spacial score (nSPS) is 11.3. The number of hydrogen-bond donors (Lipinski definition) is 1. The lowest BCUT2D eigenvalue weighted by Gasteiger charge is -2.11. The van der Waals surface area contributed by atoms with Crippen LogP contribution in [0.15, 0.2) is 48.7 Å². The molecule has 20 heavy (non-hydrogen) atoms. The maximum atomic E-state index is 4.29. The predicted molar refractivity (Wildman–Crippen MR) is 85.8 cm³/mol. The molecule has 0 aliphatic rings. The van der Waals surface area contributed by atoms with Crippen molar-refractivity contribution in [1.82, 2.24) is 9.97 Å². The monoisotopic (exact) mass is 263 g/mol. The lowest BCUT2D eigenvalue weighted by atomic mass is 10.2. The van der Waals surface area contributed by atoms with Crippen LogP contribution in [0.2, 0.25) is 0 Å². The van der Waals surface area contributed by atoms with Gasteiger partial charge in [0.2, 0.25) is 0 Å². The first kappa shape index (κ1) is 12.5. The van der Waals surface area contributed by atoms with E-state index in [0.717, 1.165) is 16.7 Å². The Bertz CT molecular complexity index is 703. The second-order valence-electron chi connectivity index (χ2n) is 4.99. The van der Waals surface area contributed by atoms with Crippen molar-refractivity contribution < 1.29 is 0 Å². The fourth-order valence-corrected chi connectivity index (χ4v) is 2.14. The molecule has 3 rings (SSSR count). The van der Waals surface area contributed by atoms with Gasteiger partial charge in [0.1, 0.15) is 5.65 Å². The number of H-pyrrole nitrogens is 1. The quantitative estimate of drug-likeness (QED) is 0.779. The van der Waals surface area contributed by atoms with Crippen molar-refractivity contribution in [3.8, 4) is 0 Å². The summed E-state index contributed by atoms with van der Waals surface area (Å²) in [6.45, 7) is 0. The smallest absolute Gasteiger partial charge is 0.137 e. The maximum absolute atomic E-state index is 4.29. The van der Waals surface area contributed by atoms with Crippen molar-refractivity contribution in [3.63, 3.8) is 0 Å². The summed E-state index contributed by atoms with van der Waals surface area (Å²) in [6, 6.07) is 14.6. The number of benzene rings is 1. The summed E-state index contributed by atoms with van der Waals surface area (Å²) >= 11 is 0. The molecule has 3 aromatic rings. The Morgan fingerprint density at radius 2 is 1.85 bits per heavy atom. The van der Waals surface area contributed by atoms with Crippen LogP contribution in [-0.2, 0) is 0 Å². The third kappa shape index (κ3) is 2.57. The Morgan fingerprint density at radius 3 is 2.55 bits per heavy atom. The predicted octanol–water partition coefficient (Wildman–Crippen LogP) is 3.80. The van der Waals surface area contributed by atoms with Crippen molar-refractivity contribution >= 4 is 28.9 Å². The molecule has 3 heteroatoms. The van der Waals surface area contributed by atoms with E-state index in [-0.39, 0.29) is 0 Å². The molecular weight excluding hydrogens is 246 g/mol. The van der Waals surface area contributed by atoms with Gasteiger partial charge in [-0.1, -0.05) is 18.2 Å². The lowest BCUT2D eigenvalue weighted by Crippen LogP contribution is -2.07. The van der Waals surface area contributed by atoms with Crippen LogP contribution in [-0.4, -0.2) is 24.1 Å². The van der Waals surface area contributed by atoms with Crippen molar-refractivity contribution in [2.45, 2.75) is 0 Å². The molecule has 2 heterocycles. The molecule has 0 amide bonds. The van der Waals surface area contributed by atoms with E-state index in [0.29, 0.717) is 0 Å². The molecule has 0 fully saturated rings. The Hall–Kier alpha value is -2.55. The molecule has 0 radical (unpaired) electrons. The molecule has 0 spiro atoms. The van der Waals surface area contributed by atoms with E-state index < -0.39 is 0 Å². The number of pyridine rings is 1. The van der Waals surface area contributed by atoms with Crippen molar-refractivity contribution in [1.29, 1.82) is 0 Å². The molecule has 0 bridgehead atoms. The molecule has 100 valence electrons. The number of anilines is 1. The molecule has 0 unspecified atom stereocenters. The first-order chi connectivity index (χ1) is 9.72. The second-order valence-corrected chi connectivity index (χ2v) is 4.99. The van der Waals surface area contributed by atoms with Crippen LogP contribution in [0.4, 0.5) is 5.69 Å². The van der Waals surface area contributed by atoms with Gasteiger partial charge in [-0.05, 0) is 42.0 Å². The average Bonchev–Trinajstić information content (AvgIpc) is 2.88. The highest BCUT2D eigenvalue weighted by Crippen LogP contribution is 2.16. The highest BCUT2D eigenvalue weighted by molar-refractivity contribution is 5.81.